The monoisotopic (exact) mass is 391 g/mol. The van der Waals surface area contributed by atoms with Crippen LogP contribution in [0, 0.1) is 5.92 Å². The molecule has 0 aliphatic rings. The number of hydrogen-bond donors (Lipinski definition) is 2. The van der Waals surface area contributed by atoms with Crippen LogP contribution in [0.4, 0.5) is 4.79 Å². The van der Waals surface area contributed by atoms with Crippen molar-refractivity contribution >= 4 is 13.7 Å². The van der Waals surface area contributed by atoms with Gasteiger partial charge >= 0.3 is 13.7 Å². The van der Waals surface area contributed by atoms with Crippen molar-refractivity contribution in [2.45, 2.75) is 39.3 Å². The molecule has 2 N–H and O–H groups in total. The molecule has 0 saturated carbocycles. The molecule has 0 saturated heterocycles. The average Bonchev–Trinajstić information content (AvgIpc) is 2.66. The normalized spacial score (nSPS) is 14.4. The lowest BCUT2D eigenvalue weighted by Gasteiger charge is -2.25. The molecule has 2 unspecified atom stereocenters. The van der Waals surface area contributed by atoms with Crippen LogP contribution in [-0.2, 0) is 27.0 Å². The van der Waals surface area contributed by atoms with Gasteiger partial charge in [0.15, 0.2) is 0 Å². The van der Waals surface area contributed by atoms with Crippen molar-refractivity contribution in [3.8, 4) is 0 Å². The summed E-state index contributed by atoms with van der Waals surface area (Å²) in [4.78, 5) is 22.5. The number of nitrogens with one attached hydrogen (secondary N) is 1. The SMILES string of the molecule is CC(C)CC(NC(=O)OCc1ccccc1)P(=O)(O)OCc1ccccc1. The first-order valence-electron chi connectivity index (χ1n) is 8.85. The molecule has 0 aliphatic heterocycles. The van der Waals surface area contributed by atoms with Crippen LogP contribution in [0.5, 0.6) is 0 Å². The molecule has 6 nitrogen and oxygen atoms in total. The topological polar surface area (TPSA) is 84.9 Å². The Kier molecular flexibility index (Phi) is 8.04. The third-order valence-electron chi connectivity index (χ3n) is 3.84. The molecule has 2 atom stereocenters. The van der Waals surface area contributed by atoms with Gasteiger partial charge in [-0.25, -0.2) is 4.79 Å². The quantitative estimate of drug-likeness (QED) is 0.606. The van der Waals surface area contributed by atoms with E-state index in [2.05, 4.69) is 5.32 Å². The van der Waals surface area contributed by atoms with Crippen LogP contribution in [0.15, 0.2) is 60.7 Å². The predicted octanol–water partition coefficient (Wildman–Crippen LogP) is 4.69. The molecule has 0 bridgehead atoms. The predicted molar refractivity (Wildman–Crippen MR) is 104 cm³/mol. The fourth-order valence-electron chi connectivity index (χ4n) is 2.45. The van der Waals surface area contributed by atoms with Crippen LogP contribution < -0.4 is 5.32 Å². The van der Waals surface area contributed by atoms with E-state index in [1.54, 1.807) is 12.1 Å². The van der Waals surface area contributed by atoms with Gasteiger partial charge in [-0.05, 0) is 23.5 Å². The molecule has 0 spiro atoms. The van der Waals surface area contributed by atoms with Gasteiger partial charge in [-0.1, -0.05) is 74.5 Å². The summed E-state index contributed by atoms with van der Waals surface area (Å²) in [5, 5.41) is 2.50. The van der Waals surface area contributed by atoms with E-state index < -0.39 is 19.5 Å². The number of alkyl carbamates (subject to hydrolysis) is 1. The summed E-state index contributed by atoms with van der Waals surface area (Å²) in [5.74, 6) is -0.949. The number of carbonyl (C=O) groups excluding carboxylic acids is 1. The Labute approximate surface area is 160 Å². The maximum absolute atomic E-state index is 12.7. The van der Waals surface area contributed by atoms with Crippen LogP contribution in [0.3, 0.4) is 0 Å². The molecular formula is C20H26NO5P. The van der Waals surface area contributed by atoms with E-state index in [0.29, 0.717) is 6.42 Å². The van der Waals surface area contributed by atoms with Gasteiger partial charge in [0.05, 0.1) is 6.61 Å². The lowest BCUT2D eigenvalue weighted by Crippen LogP contribution is -2.36. The van der Waals surface area contributed by atoms with E-state index >= 15 is 0 Å². The highest BCUT2D eigenvalue weighted by molar-refractivity contribution is 7.53. The smallest absolute Gasteiger partial charge is 0.408 e. The summed E-state index contributed by atoms with van der Waals surface area (Å²) in [6.07, 6.45) is -0.453. The largest absolute Gasteiger partial charge is 0.445 e. The lowest BCUT2D eigenvalue weighted by atomic mass is 10.1. The van der Waals surface area contributed by atoms with Crippen molar-refractivity contribution in [2.24, 2.45) is 5.92 Å². The van der Waals surface area contributed by atoms with Gasteiger partial charge in [-0.2, -0.15) is 0 Å². The van der Waals surface area contributed by atoms with Crippen LogP contribution in [0.2, 0.25) is 0 Å². The highest BCUT2D eigenvalue weighted by atomic mass is 31.2. The molecule has 0 aliphatic carbocycles. The Bertz CT molecular complexity index is 751. The average molecular weight is 391 g/mol. The number of amides is 1. The van der Waals surface area contributed by atoms with Crippen molar-refractivity contribution in [2.75, 3.05) is 0 Å². The zero-order valence-corrected chi connectivity index (χ0v) is 16.5. The van der Waals surface area contributed by atoms with Crippen molar-refractivity contribution < 1.29 is 23.5 Å². The number of benzene rings is 2. The maximum Gasteiger partial charge on any atom is 0.408 e. The van der Waals surface area contributed by atoms with E-state index in [1.807, 2.05) is 62.4 Å². The van der Waals surface area contributed by atoms with Gasteiger partial charge in [0.25, 0.3) is 0 Å². The lowest BCUT2D eigenvalue weighted by molar-refractivity contribution is 0.134. The first-order valence-corrected chi connectivity index (χ1v) is 10.5. The van der Waals surface area contributed by atoms with Crippen LogP contribution >= 0.6 is 7.60 Å². The molecule has 27 heavy (non-hydrogen) atoms. The third kappa shape index (κ3) is 7.55. The van der Waals surface area contributed by atoms with Crippen molar-refractivity contribution in [1.29, 1.82) is 0 Å². The summed E-state index contributed by atoms with van der Waals surface area (Å²) >= 11 is 0. The highest BCUT2D eigenvalue weighted by Crippen LogP contribution is 2.49. The zero-order chi connectivity index (χ0) is 19.7. The van der Waals surface area contributed by atoms with Crippen molar-refractivity contribution in [3.63, 3.8) is 0 Å². The first-order chi connectivity index (χ1) is 12.9. The molecule has 0 radical (unpaired) electrons. The first kappa shape index (κ1) is 21.2. The Morgan fingerprint density at radius 3 is 2.04 bits per heavy atom. The second-order valence-electron chi connectivity index (χ2n) is 6.67. The van der Waals surface area contributed by atoms with Crippen LogP contribution in [-0.4, -0.2) is 16.8 Å². The minimum Gasteiger partial charge on any atom is -0.445 e. The molecule has 7 heteroatoms. The van der Waals surface area contributed by atoms with Gasteiger partial charge in [0.2, 0.25) is 0 Å². The molecular weight excluding hydrogens is 365 g/mol. The minimum absolute atomic E-state index is 0.00996. The number of hydrogen-bond acceptors (Lipinski definition) is 4. The minimum atomic E-state index is -4.08. The van der Waals surface area contributed by atoms with Crippen LogP contribution in [0.1, 0.15) is 31.4 Å². The van der Waals surface area contributed by atoms with E-state index in [1.165, 1.54) is 0 Å². The van der Waals surface area contributed by atoms with Crippen molar-refractivity contribution in [3.05, 3.63) is 71.8 Å². The Hall–Kier alpha value is -2.14. The fraction of sp³-hybridized carbons (Fsp3) is 0.350. The second-order valence-corrected chi connectivity index (χ2v) is 8.68. The Morgan fingerprint density at radius 1 is 1.00 bits per heavy atom. The summed E-state index contributed by atoms with van der Waals surface area (Å²) in [5.41, 5.74) is 1.61. The molecule has 1 amide bonds. The molecule has 0 heterocycles. The van der Waals surface area contributed by atoms with Gasteiger partial charge in [0, 0.05) is 0 Å². The molecule has 2 aromatic carbocycles. The molecule has 2 aromatic rings. The third-order valence-corrected chi connectivity index (χ3v) is 5.47. The van der Waals surface area contributed by atoms with Crippen molar-refractivity contribution in [1.82, 2.24) is 5.32 Å². The molecule has 2 rings (SSSR count). The molecule has 146 valence electrons. The standard InChI is InChI=1S/C20H26NO5P/c1-16(2)13-19(21-20(22)25-14-17-9-5-3-6-10-17)27(23,24)26-15-18-11-7-4-8-12-18/h3-12,16,19H,13-15H2,1-2H3,(H,21,22)(H,23,24). The van der Waals surface area contributed by atoms with E-state index in [-0.39, 0.29) is 19.1 Å². The van der Waals surface area contributed by atoms with Crippen LogP contribution in [0.25, 0.3) is 0 Å². The van der Waals surface area contributed by atoms with Gasteiger partial charge < -0.3 is 19.5 Å². The Balaban J connectivity index is 1.95. The van der Waals surface area contributed by atoms with Gasteiger partial charge in [-0.15, -0.1) is 0 Å². The van der Waals surface area contributed by atoms with E-state index in [9.17, 15) is 14.3 Å². The van der Waals surface area contributed by atoms with E-state index in [4.69, 9.17) is 9.26 Å². The zero-order valence-electron chi connectivity index (χ0n) is 15.6. The molecule has 0 fully saturated rings. The maximum atomic E-state index is 12.7. The second kappa shape index (κ2) is 10.3. The van der Waals surface area contributed by atoms with Gasteiger partial charge in [-0.3, -0.25) is 4.57 Å². The number of ether oxygens (including phenoxy) is 1. The summed E-state index contributed by atoms with van der Waals surface area (Å²) in [7, 11) is -4.08. The number of carbonyl (C=O) groups is 1. The van der Waals surface area contributed by atoms with Gasteiger partial charge in [0.1, 0.15) is 12.4 Å². The number of rotatable bonds is 9. The Morgan fingerprint density at radius 2 is 1.52 bits per heavy atom. The molecule has 0 aromatic heterocycles. The highest BCUT2D eigenvalue weighted by Gasteiger charge is 2.35. The van der Waals surface area contributed by atoms with E-state index in [0.717, 1.165) is 11.1 Å². The summed E-state index contributed by atoms with van der Waals surface area (Å²) in [6.45, 7) is 3.88. The summed E-state index contributed by atoms with van der Waals surface area (Å²) in [6, 6.07) is 18.3. The summed E-state index contributed by atoms with van der Waals surface area (Å²) < 4.78 is 23.1. The fourth-order valence-corrected chi connectivity index (χ4v) is 3.92.